The summed E-state index contributed by atoms with van der Waals surface area (Å²) in [7, 11) is 0. The average Bonchev–Trinajstić information content (AvgIpc) is 3.54. The molecule has 3 heterocycles. The number of nitrogens with one attached hydrogen (secondary N) is 1. The third-order valence-electron chi connectivity index (χ3n) is 5.22. The van der Waals surface area contributed by atoms with Crippen LogP contribution >= 0.6 is 23.4 Å². The van der Waals surface area contributed by atoms with Gasteiger partial charge in [0.1, 0.15) is 0 Å². The minimum absolute atomic E-state index is 0.110. The Morgan fingerprint density at radius 1 is 1.16 bits per heavy atom. The first kappa shape index (κ1) is 21.1. The van der Waals surface area contributed by atoms with Crippen molar-refractivity contribution in [1.29, 1.82) is 0 Å². The van der Waals surface area contributed by atoms with E-state index in [-0.39, 0.29) is 24.6 Å². The van der Waals surface area contributed by atoms with E-state index in [1.807, 2.05) is 28.8 Å². The van der Waals surface area contributed by atoms with Gasteiger partial charge in [0, 0.05) is 28.9 Å². The van der Waals surface area contributed by atoms with Crippen molar-refractivity contribution in [2.24, 2.45) is 0 Å². The molecule has 0 bridgehead atoms. The number of carbonyl (C=O) groups is 1. The number of aromatic nitrogens is 3. The molecule has 1 atom stereocenters. The van der Waals surface area contributed by atoms with E-state index < -0.39 is 0 Å². The molecule has 3 aromatic rings. The van der Waals surface area contributed by atoms with E-state index in [0.29, 0.717) is 33.9 Å². The lowest BCUT2D eigenvalue weighted by atomic mass is 10.2. The maximum Gasteiger partial charge on any atom is 0.234 e. The molecule has 2 aliphatic heterocycles. The van der Waals surface area contributed by atoms with Gasteiger partial charge in [-0.25, -0.2) is 0 Å². The second-order valence-corrected chi connectivity index (χ2v) is 8.84. The van der Waals surface area contributed by atoms with Crippen LogP contribution in [0.1, 0.15) is 12.8 Å². The summed E-state index contributed by atoms with van der Waals surface area (Å²) < 4.78 is 18.5. The van der Waals surface area contributed by atoms with Crippen molar-refractivity contribution >= 4 is 35.0 Å². The summed E-state index contributed by atoms with van der Waals surface area (Å²) in [4.78, 5) is 12.6. The number of rotatable bonds is 7. The smallest absolute Gasteiger partial charge is 0.234 e. The van der Waals surface area contributed by atoms with E-state index in [9.17, 15) is 4.79 Å². The molecular formula is C22H21ClN4O4S. The van der Waals surface area contributed by atoms with Gasteiger partial charge in [-0.2, -0.15) is 0 Å². The summed E-state index contributed by atoms with van der Waals surface area (Å²) in [5.41, 5.74) is 1.57. The third-order valence-corrected chi connectivity index (χ3v) is 6.44. The van der Waals surface area contributed by atoms with Crippen LogP contribution in [0.3, 0.4) is 0 Å². The molecule has 10 heteroatoms. The van der Waals surface area contributed by atoms with Crippen molar-refractivity contribution in [2.75, 3.05) is 24.5 Å². The summed E-state index contributed by atoms with van der Waals surface area (Å²) in [6, 6.07) is 12.8. The monoisotopic (exact) mass is 472 g/mol. The standard InChI is InChI=1S/C22H21ClN4O4S/c23-15-5-3-14(4-6-15)21-25-26-22(27(21)11-17-2-1-9-29-17)32-12-20(28)24-16-7-8-18-19(10-16)31-13-30-18/h3-8,10,17H,1-2,9,11-13H2,(H,24,28). The van der Waals surface area contributed by atoms with Crippen molar-refractivity contribution in [3.63, 3.8) is 0 Å². The van der Waals surface area contributed by atoms with Crippen molar-refractivity contribution in [3.8, 4) is 22.9 Å². The number of anilines is 1. The SMILES string of the molecule is O=C(CSc1nnc(-c2ccc(Cl)cc2)n1CC1CCCO1)Nc1ccc2c(c1)OCO2. The summed E-state index contributed by atoms with van der Waals surface area (Å²) in [5.74, 6) is 2.08. The lowest BCUT2D eigenvalue weighted by Gasteiger charge is -2.15. The molecule has 1 amide bonds. The highest BCUT2D eigenvalue weighted by Gasteiger charge is 2.22. The zero-order chi connectivity index (χ0) is 21.9. The molecule has 32 heavy (non-hydrogen) atoms. The molecular weight excluding hydrogens is 452 g/mol. The van der Waals surface area contributed by atoms with Gasteiger partial charge in [-0.15, -0.1) is 10.2 Å². The van der Waals surface area contributed by atoms with Crippen LogP contribution in [0.15, 0.2) is 47.6 Å². The fraction of sp³-hybridized carbons (Fsp3) is 0.318. The first-order chi connectivity index (χ1) is 15.7. The molecule has 8 nitrogen and oxygen atoms in total. The molecule has 1 unspecified atom stereocenters. The van der Waals surface area contributed by atoms with Crippen molar-refractivity contribution < 1.29 is 19.0 Å². The first-order valence-electron chi connectivity index (χ1n) is 10.3. The predicted octanol–water partition coefficient (Wildman–Crippen LogP) is 4.24. The molecule has 1 N–H and O–H groups in total. The second kappa shape index (κ2) is 9.40. The number of nitrogens with zero attached hydrogens (tertiary/aromatic N) is 3. The van der Waals surface area contributed by atoms with Crippen molar-refractivity contribution in [1.82, 2.24) is 14.8 Å². The Kier molecular flexibility index (Phi) is 6.20. The molecule has 0 radical (unpaired) electrons. The molecule has 2 aromatic carbocycles. The van der Waals surface area contributed by atoms with Gasteiger partial charge >= 0.3 is 0 Å². The average molecular weight is 473 g/mol. The highest BCUT2D eigenvalue weighted by molar-refractivity contribution is 7.99. The van der Waals surface area contributed by atoms with Gasteiger partial charge < -0.3 is 19.5 Å². The van der Waals surface area contributed by atoms with Crippen LogP contribution < -0.4 is 14.8 Å². The van der Waals surface area contributed by atoms with E-state index >= 15 is 0 Å². The van der Waals surface area contributed by atoms with Gasteiger partial charge in [-0.05, 0) is 49.2 Å². The number of halogens is 1. The van der Waals surface area contributed by atoms with E-state index in [1.54, 1.807) is 18.2 Å². The number of thioether (sulfide) groups is 1. The molecule has 1 aromatic heterocycles. The van der Waals surface area contributed by atoms with Crippen LogP contribution in [0, 0.1) is 0 Å². The second-order valence-electron chi connectivity index (χ2n) is 7.46. The lowest BCUT2D eigenvalue weighted by Crippen LogP contribution is -2.18. The normalized spacial score (nSPS) is 17.0. The van der Waals surface area contributed by atoms with Gasteiger partial charge in [0.05, 0.1) is 18.4 Å². The minimum Gasteiger partial charge on any atom is -0.454 e. The first-order valence-corrected chi connectivity index (χ1v) is 11.6. The van der Waals surface area contributed by atoms with Crippen LogP contribution in [-0.2, 0) is 16.1 Å². The van der Waals surface area contributed by atoms with Gasteiger partial charge in [0.2, 0.25) is 12.7 Å². The molecule has 2 aliphatic rings. The highest BCUT2D eigenvalue weighted by Crippen LogP contribution is 2.34. The van der Waals surface area contributed by atoms with E-state index in [1.165, 1.54) is 11.8 Å². The largest absolute Gasteiger partial charge is 0.454 e. The Morgan fingerprint density at radius 3 is 2.81 bits per heavy atom. The number of benzene rings is 2. The minimum atomic E-state index is -0.145. The Hall–Kier alpha value is -2.75. The van der Waals surface area contributed by atoms with Crippen molar-refractivity contribution in [3.05, 3.63) is 47.5 Å². The Labute approximate surface area is 194 Å². The summed E-state index contributed by atoms with van der Waals surface area (Å²) in [6.45, 7) is 1.60. The van der Waals surface area contributed by atoms with Crippen LogP contribution in [0.2, 0.25) is 5.02 Å². The van der Waals surface area contributed by atoms with Gasteiger partial charge in [-0.3, -0.25) is 9.36 Å². The number of amides is 1. The number of carbonyl (C=O) groups excluding carboxylic acids is 1. The molecule has 0 saturated carbocycles. The Bertz CT molecular complexity index is 1120. The maximum atomic E-state index is 12.6. The van der Waals surface area contributed by atoms with E-state index in [2.05, 4.69) is 15.5 Å². The number of ether oxygens (including phenoxy) is 3. The maximum absolute atomic E-state index is 12.6. The fourth-order valence-electron chi connectivity index (χ4n) is 3.67. The zero-order valence-corrected chi connectivity index (χ0v) is 18.7. The summed E-state index contributed by atoms with van der Waals surface area (Å²) >= 11 is 7.38. The van der Waals surface area contributed by atoms with Crippen molar-refractivity contribution in [2.45, 2.75) is 30.6 Å². The number of hydrogen-bond acceptors (Lipinski definition) is 7. The van der Waals surface area contributed by atoms with Crippen LogP contribution in [-0.4, -0.2) is 45.9 Å². The number of fused-ring (bicyclic) bond motifs is 1. The number of hydrogen-bond donors (Lipinski definition) is 1. The van der Waals surface area contributed by atoms with Crippen LogP contribution in [0.4, 0.5) is 5.69 Å². The molecule has 5 rings (SSSR count). The molecule has 0 spiro atoms. The summed E-state index contributed by atoms with van der Waals surface area (Å²) in [6.07, 6.45) is 2.15. The molecule has 166 valence electrons. The Morgan fingerprint density at radius 2 is 2.00 bits per heavy atom. The van der Waals surface area contributed by atoms with Gasteiger partial charge in [-0.1, -0.05) is 23.4 Å². The summed E-state index contributed by atoms with van der Waals surface area (Å²) in [5, 5.41) is 13.0. The zero-order valence-electron chi connectivity index (χ0n) is 17.1. The quantitative estimate of drug-likeness (QED) is 0.514. The molecule has 1 saturated heterocycles. The topological polar surface area (TPSA) is 87.5 Å². The van der Waals surface area contributed by atoms with E-state index in [4.69, 9.17) is 25.8 Å². The van der Waals surface area contributed by atoms with Crippen LogP contribution in [0.25, 0.3) is 11.4 Å². The van der Waals surface area contributed by atoms with Gasteiger partial charge in [0.25, 0.3) is 0 Å². The third kappa shape index (κ3) is 4.69. The fourth-order valence-corrected chi connectivity index (χ4v) is 4.54. The molecule has 0 aliphatic carbocycles. The van der Waals surface area contributed by atoms with Crippen LogP contribution in [0.5, 0.6) is 11.5 Å². The van der Waals surface area contributed by atoms with E-state index in [0.717, 1.165) is 30.8 Å². The molecule has 1 fully saturated rings. The predicted molar refractivity (Wildman–Crippen MR) is 121 cm³/mol. The highest BCUT2D eigenvalue weighted by atomic mass is 35.5. The lowest BCUT2D eigenvalue weighted by molar-refractivity contribution is -0.113. The Balaban J connectivity index is 1.30. The van der Waals surface area contributed by atoms with Gasteiger partial charge in [0.15, 0.2) is 22.5 Å².